The van der Waals surface area contributed by atoms with Gasteiger partial charge in [0.2, 0.25) is 0 Å². The highest BCUT2D eigenvalue weighted by Gasteiger charge is 2.42. The number of rotatable bonds is 2. The first-order valence-corrected chi connectivity index (χ1v) is 6.51. The molecule has 1 N–H and O–H groups in total. The van der Waals surface area contributed by atoms with Crippen molar-refractivity contribution in [2.45, 2.75) is 39.0 Å². The second-order valence-electron chi connectivity index (χ2n) is 5.08. The summed E-state index contributed by atoms with van der Waals surface area (Å²) in [4.78, 5) is 22.9. The van der Waals surface area contributed by atoms with E-state index in [1.54, 1.807) is 6.92 Å². The number of ether oxygens (including phenoxy) is 2. The molecule has 0 saturated carbocycles. The van der Waals surface area contributed by atoms with Gasteiger partial charge in [-0.05, 0) is 19.4 Å². The normalized spacial score (nSPS) is 20.7. The van der Waals surface area contributed by atoms with Gasteiger partial charge >= 0.3 is 12.1 Å². The van der Waals surface area contributed by atoms with Gasteiger partial charge in [-0.2, -0.15) is 13.2 Å². The number of fused-ring (bicyclic) bond motifs is 1. The number of hydrogen-bond acceptors (Lipinski definition) is 4. The van der Waals surface area contributed by atoms with E-state index >= 15 is 0 Å². The minimum Gasteiger partial charge on any atom is -0.476 e. The zero-order valence-electron chi connectivity index (χ0n) is 12.1. The Kier molecular flexibility index (Phi) is 3.80. The number of carbonyl (C=O) groups is 2. The van der Waals surface area contributed by atoms with Crippen LogP contribution in [-0.2, 0) is 15.8 Å². The quantitative estimate of drug-likeness (QED) is 0.672. The van der Waals surface area contributed by atoms with E-state index in [0.717, 1.165) is 19.1 Å². The van der Waals surface area contributed by atoms with E-state index in [1.165, 1.54) is 6.92 Å². The lowest BCUT2D eigenvalue weighted by Gasteiger charge is -2.34. The molecular weight excluding hydrogens is 303 g/mol. The molecule has 2 rings (SSSR count). The smallest absolute Gasteiger partial charge is 0.420 e. The third-order valence-corrected chi connectivity index (χ3v) is 3.38. The van der Waals surface area contributed by atoms with E-state index < -0.39 is 35.0 Å². The lowest BCUT2D eigenvalue weighted by molar-refractivity contribution is -0.141. The van der Waals surface area contributed by atoms with Crippen molar-refractivity contribution in [2.24, 2.45) is 0 Å². The Hall–Kier alpha value is -2.25. The van der Waals surface area contributed by atoms with E-state index in [-0.39, 0.29) is 17.9 Å². The summed E-state index contributed by atoms with van der Waals surface area (Å²) in [7, 11) is 0. The molecule has 0 spiro atoms. The molecule has 1 heterocycles. The minimum atomic E-state index is -4.73. The van der Waals surface area contributed by atoms with Gasteiger partial charge in [0, 0.05) is 13.0 Å². The predicted molar refractivity (Wildman–Crippen MR) is 70.7 cm³/mol. The van der Waals surface area contributed by atoms with E-state index in [1.807, 2.05) is 0 Å². The van der Waals surface area contributed by atoms with Crippen LogP contribution in [0.5, 0.6) is 11.5 Å². The standard InChI is InChI=1S/C14H14F3NO4/c1-4-13(3)12(20)18-9-6-10(21-7(2)19)8(14(15,16)17)5-11(9)22-13/h5-6H,4H2,1-3H3,(H,18,20). The summed E-state index contributed by atoms with van der Waals surface area (Å²) in [6, 6.07) is 1.66. The van der Waals surface area contributed by atoms with E-state index in [4.69, 9.17) is 4.74 Å². The number of nitrogens with one attached hydrogen (secondary N) is 1. The summed E-state index contributed by atoms with van der Waals surface area (Å²) in [5, 5.41) is 2.47. The molecule has 0 aromatic heterocycles. The van der Waals surface area contributed by atoms with Gasteiger partial charge < -0.3 is 14.8 Å². The van der Waals surface area contributed by atoms with Crippen LogP contribution in [-0.4, -0.2) is 17.5 Å². The number of carbonyl (C=O) groups excluding carboxylic acids is 2. The summed E-state index contributed by atoms with van der Waals surface area (Å²) in [5.74, 6) is -2.17. The number of hydrogen-bond donors (Lipinski definition) is 1. The summed E-state index contributed by atoms with van der Waals surface area (Å²) in [6.07, 6.45) is -4.45. The second kappa shape index (κ2) is 5.19. The fourth-order valence-electron chi connectivity index (χ4n) is 1.98. The van der Waals surface area contributed by atoms with E-state index in [2.05, 4.69) is 10.1 Å². The lowest BCUT2D eigenvalue weighted by Crippen LogP contribution is -2.47. The third kappa shape index (κ3) is 2.86. The Labute approximate surface area is 124 Å². The van der Waals surface area contributed by atoms with Crippen LogP contribution in [0.25, 0.3) is 0 Å². The predicted octanol–water partition coefficient (Wildman–Crippen LogP) is 3.13. The van der Waals surface area contributed by atoms with Gasteiger partial charge in [-0.3, -0.25) is 9.59 Å². The van der Waals surface area contributed by atoms with Crippen LogP contribution in [0.15, 0.2) is 12.1 Å². The first-order valence-electron chi connectivity index (χ1n) is 6.51. The highest BCUT2D eigenvalue weighted by Crippen LogP contribution is 2.45. The van der Waals surface area contributed by atoms with Crippen molar-refractivity contribution in [3.63, 3.8) is 0 Å². The number of alkyl halides is 3. The fourth-order valence-corrected chi connectivity index (χ4v) is 1.98. The van der Waals surface area contributed by atoms with Gasteiger partial charge in [0.1, 0.15) is 17.1 Å². The van der Waals surface area contributed by atoms with Crippen molar-refractivity contribution < 1.29 is 32.2 Å². The van der Waals surface area contributed by atoms with Crippen LogP contribution in [0, 0.1) is 0 Å². The Bertz CT molecular complexity index is 642. The van der Waals surface area contributed by atoms with Crippen molar-refractivity contribution in [2.75, 3.05) is 5.32 Å². The summed E-state index contributed by atoms with van der Waals surface area (Å²) >= 11 is 0. The molecular formula is C14H14F3NO4. The van der Waals surface area contributed by atoms with Crippen LogP contribution in [0.2, 0.25) is 0 Å². The summed E-state index contributed by atoms with van der Waals surface area (Å²) < 4.78 is 49.3. The number of esters is 1. The van der Waals surface area contributed by atoms with E-state index in [9.17, 15) is 22.8 Å². The average molecular weight is 317 g/mol. The van der Waals surface area contributed by atoms with Gasteiger partial charge in [0.05, 0.1) is 5.69 Å². The average Bonchev–Trinajstić information content (AvgIpc) is 2.38. The first kappa shape index (κ1) is 16.1. The van der Waals surface area contributed by atoms with Crippen molar-refractivity contribution in [3.8, 4) is 11.5 Å². The molecule has 1 aliphatic heterocycles. The largest absolute Gasteiger partial charge is 0.476 e. The molecule has 1 amide bonds. The van der Waals surface area contributed by atoms with Gasteiger partial charge in [-0.25, -0.2) is 0 Å². The van der Waals surface area contributed by atoms with Gasteiger partial charge in [-0.1, -0.05) is 6.92 Å². The molecule has 8 heteroatoms. The molecule has 0 radical (unpaired) electrons. The first-order chi connectivity index (χ1) is 10.1. The zero-order valence-corrected chi connectivity index (χ0v) is 12.1. The molecule has 1 aromatic rings. The summed E-state index contributed by atoms with van der Waals surface area (Å²) in [5.41, 5.74) is -2.37. The van der Waals surface area contributed by atoms with Crippen LogP contribution in [0.1, 0.15) is 32.8 Å². The molecule has 0 bridgehead atoms. The highest BCUT2D eigenvalue weighted by atomic mass is 19.4. The number of anilines is 1. The maximum Gasteiger partial charge on any atom is 0.420 e. The summed E-state index contributed by atoms with van der Waals surface area (Å²) in [6.45, 7) is 4.16. The van der Waals surface area contributed by atoms with Crippen LogP contribution in [0.4, 0.5) is 18.9 Å². The molecule has 0 fully saturated rings. The third-order valence-electron chi connectivity index (χ3n) is 3.38. The Balaban J connectivity index is 2.56. The van der Waals surface area contributed by atoms with Gasteiger partial charge in [0.15, 0.2) is 5.60 Å². The monoisotopic (exact) mass is 317 g/mol. The number of halogens is 3. The van der Waals surface area contributed by atoms with Gasteiger partial charge in [-0.15, -0.1) is 0 Å². The van der Waals surface area contributed by atoms with Crippen molar-refractivity contribution in [1.29, 1.82) is 0 Å². The molecule has 22 heavy (non-hydrogen) atoms. The molecule has 0 aliphatic carbocycles. The van der Waals surface area contributed by atoms with Crippen LogP contribution >= 0.6 is 0 Å². The Morgan fingerprint density at radius 1 is 1.41 bits per heavy atom. The lowest BCUT2D eigenvalue weighted by atomic mass is 9.99. The number of benzene rings is 1. The maximum absolute atomic E-state index is 13.1. The zero-order chi connectivity index (χ0) is 16.7. The molecule has 1 aliphatic rings. The molecule has 1 atom stereocenters. The second-order valence-corrected chi connectivity index (χ2v) is 5.08. The molecule has 1 aromatic carbocycles. The molecule has 5 nitrogen and oxygen atoms in total. The number of amides is 1. The SMILES string of the molecule is CCC1(C)Oc2cc(C(F)(F)F)c(OC(C)=O)cc2NC1=O. The fraction of sp³-hybridized carbons (Fsp3) is 0.429. The molecule has 120 valence electrons. The van der Waals surface area contributed by atoms with Crippen molar-refractivity contribution >= 4 is 17.6 Å². The Morgan fingerprint density at radius 2 is 2.05 bits per heavy atom. The molecule has 0 saturated heterocycles. The van der Waals surface area contributed by atoms with Crippen LogP contribution in [0.3, 0.4) is 0 Å². The highest BCUT2D eigenvalue weighted by molar-refractivity contribution is 6.00. The van der Waals surface area contributed by atoms with E-state index in [0.29, 0.717) is 0 Å². The van der Waals surface area contributed by atoms with Gasteiger partial charge in [0.25, 0.3) is 5.91 Å². The topological polar surface area (TPSA) is 64.6 Å². The molecule has 1 unspecified atom stereocenters. The van der Waals surface area contributed by atoms with Crippen LogP contribution < -0.4 is 14.8 Å². The maximum atomic E-state index is 13.1. The minimum absolute atomic E-state index is 0.0279. The van der Waals surface area contributed by atoms with Crippen molar-refractivity contribution in [3.05, 3.63) is 17.7 Å². The Morgan fingerprint density at radius 3 is 2.55 bits per heavy atom. The van der Waals surface area contributed by atoms with Crippen molar-refractivity contribution in [1.82, 2.24) is 0 Å².